The number of aryl methyl sites for hydroxylation is 2. The maximum atomic E-state index is 12.4. The first-order valence-corrected chi connectivity index (χ1v) is 7.73. The summed E-state index contributed by atoms with van der Waals surface area (Å²) in [6.45, 7) is 3.28. The fraction of sp³-hybridized carbons (Fsp3) is 0.231. The Morgan fingerprint density at radius 2 is 2.10 bits per heavy atom. The standard InChI is InChI=1S/C13H13N3O4S/c1-7-13(8(2)20-15-7)16-21(18,19)10-3-4-11-9(5-10)6-12(17)14-11/h3-5,16H,6H2,1-2H3,(H,14,17). The maximum absolute atomic E-state index is 12.4. The van der Waals surface area contributed by atoms with E-state index < -0.39 is 10.0 Å². The molecule has 0 bridgehead atoms. The van der Waals surface area contributed by atoms with E-state index in [2.05, 4.69) is 15.2 Å². The van der Waals surface area contributed by atoms with Gasteiger partial charge in [-0.15, -0.1) is 0 Å². The SMILES string of the molecule is Cc1noc(C)c1NS(=O)(=O)c1ccc2c(c1)CC(=O)N2. The summed E-state index contributed by atoms with van der Waals surface area (Å²) < 4.78 is 32.2. The van der Waals surface area contributed by atoms with Gasteiger partial charge < -0.3 is 9.84 Å². The fourth-order valence-electron chi connectivity index (χ4n) is 2.19. The molecule has 7 nitrogen and oxygen atoms in total. The summed E-state index contributed by atoms with van der Waals surface area (Å²) in [5.74, 6) is 0.257. The molecular formula is C13H13N3O4S. The normalized spacial score (nSPS) is 13.9. The number of fused-ring (bicyclic) bond motifs is 1. The lowest BCUT2D eigenvalue weighted by Crippen LogP contribution is -2.14. The van der Waals surface area contributed by atoms with Crippen molar-refractivity contribution in [3.05, 3.63) is 35.2 Å². The van der Waals surface area contributed by atoms with Gasteiger partial charge in [-0.2, -0.15) is 0 Å². The monoisotopic (exact) mass is 307 g/mol. The van der Waals surface area contributed by atoms with E-state index in [0.29, 0.717) is 28.4 Å². The molecule has 1 aromatic carbocycles. The number of hydrogen-bond donors (Lipinski definition) is 2. The van der Waals surface area contributed by atoms with Crippen LogP contribution in [0.25, 0.3) is 0 Å². The second kappa shape index (κ2) is 4.59. The average Bonchev–Trinajstić information content (AvgIpc) is 2.93. The Kier molecular flexibility index (Phi) is 2.98. The lowest BCUT2D eigenvalue weighted by atomic mass is 10.2. The number of aromatic nitrogens is 1. The second-order valence-electron chi connectivity index (χ2n) is 4.85. The number of nitrogens with zero attached hydrogens (tertiary/aromatic N) is 1. The summed E-state index contributed by atoms with van der Waals surface area (Å²) in [4.78, 5) is 11.4. The number of rotatable bonds is 3. The summed E-state index contributed by atoms with van der Waals surface area (Å²) in [6.07, 6.45) is 0.185. The molecule has 0 spiro atoms. The summed E-state index contributed by atoms with van der Waals surface area (Å²) in [5, 5.41) is 6.37. The van der Waals surface area contributed by atoms with Gasteiger partial charge >= 0.3 is 0 Å². The molecular weight excluding hydrogens is 294 g/mol. The number of nitrogens with one attached hydrogen (secondary N) is 2. The van der Waals surface area contributed by atoms with E-state index in [1.165, 1.54) is 12.1 Å². The minimum Gasteiger partial charge on any atom is -0.359 e. The van der Waals surface area contributed by atoms with Crippen LogP contribution in [0.3, 0.4) is 0 Å². The molecule has 0 unspecified atom stereocenters. The molecule has 0 fully saturated rings. The minimum absolute atomic E-state index is 0.0951. The molecule has 2 heterocycles. The van der Waals surface area contributed by atoms with E-state index in [4.69, 9.17) is 4.52 Å². The van der Waals surface area contributed by atoms with Crippen molar-refractivity contribution in [3.63, 3.8) is 0 Å². The number of amides is 1. The molecule has 0 saturated heterocycles. The van der Waals surface area contributed by atoms with Gasteiger partial charge in [0.1, 0.15) is 11.4 Å². The predicted molar refractivity (Wildman–Crippen MR) is 75.6 cm³/mol. The lowest BCUT2D eigenvalue weighted by Gasteiger charge is -2.08. The van der Waals surface area contributed by atoms with Crippen LogP contribution in [-0.2, 0) is 21.2 Å². The molecule has 0 radical (unpaired) electrons. The van der Waals surface area contributed by atoms with Crippen LogP contribution in [0.15, 0.2) is 27.6 Å². The molecule has 110 valence electrons. The third-order valence-corrected chi connectivity index (χ3v) is 4.63. The Morgan fingerprint density at radius 3 is 2.76 bits per heavy atom. The van der Waals surface area contributed by atoms with Crippen molar-refractivity contribution in [1.29, 1.82) is 0 Å². The van der Waals surface area contributed by atoms with E-state index in [1.807, 2.05) is 0 Å². The van der Waals surface area contributed by atoms with Crippen LogP contribution in [0.2, 0.25) is 0 Å². The zero-order chi connectivity index (χ0) is 15.2. The molecule has 1 amide bonds. The van der Waals surface area contributed by atoms with Gasteiger partial charge in [0.25, 0.3) is 10.0 Å². The van der Waals surface area contributed by atoms with Crippen molar-refractivity contribution in [2.24, 2.45) is 0 Å². The summed E-state index contributed by atoms with van der Waals surface area (Å²) in [6, 6.07) is 4.53. The molecule has 3 rings (SSSR count). The van der Waals surface area contributed by atoms with Crippen LogP contribution < -0.4 is 10.0 Å². The Labute approximate surface area is 121 Å². The van der Waals surface area contributed by atoms with Crippen molar-refractivity contribution in [2.45, 2.75) is 25.2 Å². The molecule has 1 aliphatic heterocycles. The molecule has 2 N–H and O–H groups in total. The van der Waals surface area contributed by atoms with Gasteiger partial charge in [0.15, 0.2) is 5.76 Å². The van der Waals surface area contributed by atoms with Crippen LogP contribution in [0.4, 0.5) is 11.4 Å². The highest BCUT2D eigenvalue weighted by Gasteiger charge is 2.23. The maximum Gasteiger partial charge on any atom is 0.262 e. The lowest BCUT2D eigenvalue weighted by molar-refractivity contribution is -0.115. The highest BCUT2D eigenvalue weighted by atomic mass is 32.2. The van der Waals surface area contributed by atoms with Gasteiger partial charge in [0.2, 0.25) is 5.91 Å². The molecule has 1 aliphatic rings. The molecule has 2 aromatic rings. The quantitative estimate of drug-likeness (QED) is 0.896. The molecule has 8 heteroatoms. The highest BCUT2D eigenvalue weighted by Crippen LogP contribution is 2.28. The first kappa shape index (κ1) is 13.6. The van der Waals surface area contributed by atoms with E-state index in [1.54, 1.807) is 19.9 Å². The molecule has 0 aliphatic carbocycles. The number of sulfonamides is 1. The summed E-state index contributed by atoms with van der Waals surface area (Å²) >= 11 is 0. The van der Waals surface area contributed by atoms with Gasteiger partial charge in [-0.1, -0.05) is 5.16 Å². The first-order chi connectivity index (χ1) is 9.87. The van der Waals surface area contributed by atoms with Crippen LogP contribution in [0, 0.1) is 13.8 Å². The topological polar surface area (TPSA) is 101 Å². The predicted octanol–water partition coefficient (Wildman–Crippen LogP) is 1.59. The van der Waals surface area contributed by atoms with Gasteiger partial charge in [0.05, 0.1) is 11.3 Å². The van der Waals surface area contributed by atoms with Gasteiger partial charge in [-0.3, -0.25) is 9.52 Å². The Morgan fingerprint density at radius 1 is 1.33 bits per heavy atom. The van der Waals surface area contributed by atoms with Crippen molar-refractivity contribution in [2.75, 3.05) is 10.0 Å². The van der Waals surface area contributed by atoms with Crippen molar-refractivity contribution in [3.8, 4) is 0 Å². The smallest absolute Gasteiger partial charge is 0.262 e. The van der Waals surface area contributed by atoms with E-state index >= 15 is 0 Å². The molecule has 21 heavy (non-hydrogen) atoms. The van der Waals surface area contributed by atoms with Crippen molar-refractivity contribution < 1.29 is 17.7 Å². The molecule has 1 aromatic heterocycles. The number of carbonyl (C=O) groups excluding carboxylic acids is 1. The van der Waals surface area contributed by atoms with Gasteiger partial charge in [0, 0.05) is 5.69 Å². The third kappa shape index (κ3) is 2.38. The van der Waals surface area contributed by atoms with Crippen LogP contribution >= 0.6 is 0 Å². The number of benzene rings is 1. The average molecular weight is 307 g/mol. The number of carbonyl (C=O) groups is 1. The van der Waals surface area contributed by atoms with E-state index in [9.17, 15) is 13.2 Å². The number of hydrogen-bond acceptors (Lipinski definition) is 5. The van der Waals surface area contributed by atoms with Crippen LogP contribution in [0.5, 0.6) is 0 Å². The Bertz CT molecular complexity index is 820. The zero-order valence-electron chi connectivity index (χ0n) is 11.4. The largest absolute Gasteiger partial charge is 0.359 e. The molecule has 0 atom stereocenters. The fourth-order valence-corrected chi connectivity index (χ4v) is 3.42. The first-order valence-electron chi connectivity index (χ1n) is 6.25. The van der Waals surface area contributed by atoms with E-state index in [-0.39, 0.29) is 17.2 Å². The van der Waals surface area contributed by atoms with Crippen molar-refractivity contribution >= 4 is 27.3 Å². The molecule has 0 saturated carbocycles. The van der Waals surface area contributed by atoms with Crippen LogP contribution in [0.1, 0.15) is 17.0 Å². The Hall–Kier alpha value is -2.35. The van der Waals surface area contributed by atoms with Gasteiger partial charge in [-0.05, 0) is 37.6 Å². The highest BCUT2D eigenvalue weighted by molar-refractivity contribution is 7.92. The summed E-state index contributed by atoms with van der Waals surface area (Å²) in [5.41, 5.74) is 2.12. The number of anilines is 2. The minimum atomic E-state index is -3.76. The second-order valence-corrected chi connectivity index (χ2v) is 6.53. The summed E-state index contributed by atoms with van der Waals surface area (Å²) in [7, 11) is -3.76. The van der Waals surface area contributed by atoms with E-state index in [0.717, 1.165) is 0 Å². The van der Waals surface area contributed by atoms with Crippen LogP contribution in [-0.4, -0.2) is 19.5 Å². The Balaban J connectivity index is 1.96. The van der Waals surface area contributed by atoms with Crippen molar-refractivity contribution in [1.82, 2.24) is 5.16 Å². The van der Waals surface area contributed by atoms with Gasteiger partial charge in [-0.25, -0.2) is 8.42 Å². The zero-order valence-corrected chi connectivity index (χ0v) is 12.2. The third-order valence-electron chi connectivity index (χ3n) is 3.28.